The minimum Gasteiger partial charge on any atom is -0.366 e. The second-order valence-electron chi connectivity index (χ2n) is 9.63. The highest BCUT2D eigenvalue weighted by Gasteiger charge is 2.22. The van der Waals surface area contributed by atoms with E-state index in [4.69, 9.17) is 5.73 Å². The van der Waals surface area contributed by atoms with Gasteiger partial charge in [-0.2, -0.15) is 5.10 Å². The van der Waals surface area contributed by atoms with Gasteiger partial charge in [0.15, 0.2) is 0 Å². The Balaban J connectivity index is 0.000000216. The summed E-state index contributed by atoms with van der Waals surface area (Å²) in [4.78, 5) is 19.5. The summed E-state index contributed by atoms with van der Waals surface area (Å²) in [5.41, 5.74) is 7.68. The molecule has 0 unspecified atom stereocenters. The summed E-state index contributed by atoms with van der Waals surface area (Å²) in [6.45, 7) is 9.21. The molecule has 6 nitrogen and oxygen atoms in total. The van der Waals surface area contributed by atoms with Crippen LogP contribution in [0.3, 0.4) is 0 Å². The Morgan fingerprint density at radius 3 is 2.70 bits per heavy atom. The first-order valence-electron chi connectivity index (χ1n) is 13.1. The molecule has 1 fully saturated rings. The molecule has 202 valence electrons. The SMILES string of the molecule is C=C.Cn1cc2c(C(N)=O)cccc2n1.FC(F)CCc1nc2c(s1)CCN(CCC1CCCCC1)C2. The molecule has 2 aromatic heterocycles. The predicted octanol–water partition coefficient (Wildman–Crippen LogP) is 6.14. The summed E-state index contributed by atoms with van der Waals surface area (Å²) in [6.07, 6.45) is 9.37. The van der Waals surface area contributed by atoms with Crippen LogP contribution in [0, 0.1) is 5.92 Å². The largest absolute Gasteiger partial charge is 0.366 e. The van der Waals surface area contributed by atoms with Gasteiger partial charge in [-0.05, 0) is 37.4 Å². The first-order valence-corrected chi connectivity index (χ1v) is 13.9. The Kier molecular flexibility index (Phi) is 11.2. The van der Waals surface area contributed by atoms with Crippen molar-refractivity contribution in [2.24, 2.45) is 18.7 Å². The lowest BCUT2D eigenvalue weighted by atomic mass is 9.87. The Morgan fingerprint density at radius 1 is 1.24 bits per heavy atom. The van der Waals surface area contributed by atoms with Crippen molar-refractivity contribution in [3.8, 4) is 0 Å². The van der Waals surface area contributed by atoms with Gasteiger partial charge in [0.25, 0.3) is 0 Å². The van der Waals surface area contributed by atoms with Gasteiger partial charge in [-0.3, -0.25) is 14.4 Å². The molecular formula is C28H39F2N5OS. The van der Waals surface area contributed by atoms with Gasteiger partial charge < -0.3 is 5.73 Å². The van der Waals surface area contributed by atoms with E-state index in [9.17, 15) is 13.6 Å². The molecule has 3 heterocycles. The smallest absolute Gasteiger partial charge is 0.249 e. The Labute approximate surface area is 222 Å². The lowest BCUT2D eigenvalue weighted by molar-refractivity contribution is 0.100. The third kappa shape index (κ3) is 8.43. The summed E-state index contributed by atoms with van der Waals surface area (Å²) >= 11 is 1.65. The van der Waals surface area contributed by atoms with Crippen LogP contribution in [-0.2, 0) is 26.4 Å². The lowest BCUT2D eigenvalue weighted by Crippen LogP contribution is -2.32. The van der Waals surface area contributed by atoms with Crippen molar-refractivity contribution in [1.29, 1.82) is 0 Å². The first-order chi connectivity index (χ1) is 17.9. The second kappa shape index (κ2) is 14.3. The third-order valence-corrected chi connectivity index (χ3v) is 8.15. The molecule has 1 aliphatic carbocycles. The Hall–Kier alpha value is -2.65. The number of hydrogen-bond donors (Lipinski definition) is 1. The van der Waals surface area contributed by atoms with Crippen LogP contribution in [0.25, 0.3) is 10.9 Å². The van der Waals surface area contributed by atoms with Crippen molar-refractivity contribution in [1.82, 2.24) is 19.7 Å². The van der Waals surface area contributed by atoms with Crippen molar-refractivity contribution >= 4 is 28.1 Å². The molecule has 0 atom stereocenters. The number of aryl methyl sites for hydroxylation is 2. The van der Waals surface area contributed by atoms with Crippen molar-refractivity contribution in [3.63, 3.8) is 0 Å². The highest BCUT2D eigenvalue weighted by Crippen LogP contribution is 2.29. The molecule has 2 N–H and O–H groups in total. The summed E-state index contributed by atoms with van der Waals surface area (Å²) in [6, 6.07) is 5.32. The molecule has 1 saturated carbocycles. The number of fused-ring (bicyclic) bond motifs is 2. The van der Waals surface area contributed by atoms with Gasteiger partial charge in [0.05, 0.1) is 21.8 Å². The maximum Gasteiger partial charge on any atom is 0.249 e. The number of halogens is 2. The summed E-state index contributed by atoms with van der Waals surface area (Å²) in [5.74, 6) is 0.505. The van der Waals surface area contributed by atoms with Crippen LogP contribution in [0.2, 0.25) is 0 Å². The van der Waals surface area contributed by atoms with Gasteiger partial charge in [-0.15, -0.1) is 24.5 Å². The van der Waals surface area contributed by atoms with Crippen LogP contribution in [0.5, 0.6) is 0 Å². The molecule has 9 heteroatoms. The molecule has 1 amide bonds. The van der Waals surface area contributed by atoms with Gasteiger partial charge >= 0.3 is 0 Å². The van der Waals surface area contributed by atoms with E-state index in [1.807, 2.05) is 13.1 Å². The van der Waals surface area contributed by atoms with E-state index < -0.39 is 12.3 Å². The molecule has 0 bridgehead atoms. The molecule has 0 saturated heterocycles. The highest BCUT2D eigenvalue weighted by atomic mass is 32.1. The quantitative estimate of drug-likeness (QED) is 0.371. The van der Waals surface area contributed by atoms with Crippen LogP contribution >= 0.6 is 11.3 Å². The topological polar surface area (TPSA) is 77.0 Å². The fraction of sp³-hybridized carbons (Fsp3) is 0.536. The molecule has 0 spiro atoms. The number of benzene rings is 1. The average Bonchev–Trinajstić information content (AvgIpc) is 3.49. The van der Waals surface area contributed by atoms with Gasteiger partial charge in [-0.25, -0.2) is 13.8 Å². The minimum atomic E-state index is -2.21. The van der Waals surface area contributed by atoms with Crippen molar-refractivity contribution < 1.29 is 13.6 Å². The third-order valence-electron chi connectivity index (χ3n) is 6.94. The van der Waals surface area contributed by atoms with E-state index in [2.05, 4.69) is 28.1 Å². The number of nitrogens with zero attached hydrogens (tertiary/aromatic N) is 4. The van der Waals surface area contributed by atoms with Crippen LogP contribution in [0.15, 0.2) is 37.6 Å². The van der Waals surface area contributed by atoms with Gasteiger partial charge in [0, 0.05) is 49.4 Å². The van der Waals surface area contributed by atoms with E-state index in [1.165, 1.54) is 49.9 Å². The van der Waals surface area contributed by atoms with E-state index in [0.717, 1.165) is 47.0 Å². The maximum absolute atomic E-state index is 12.3. The van der Waals surface area contributed by atoms with Crippen LogP contribution in [0.4, 0.5) is 8.78 Å². The number of amides is 1. The van der Waals surface area contributed by atoms with Gasteiger partial charge in [0.1, 0.15) is 0 Å². The summed E-state index contributed by atoms with van der Waals surface area (Å²) in [5, 5.41) is 5.87. The fourth-order valence-electron chi connectivity index (χ4n) is 5.05. The lowest BCUT2D eigenvalue weighted by Gasteiger charge is -2.29. The van der Waals surface area contributed by atoms with Crippen molar-refractivity contribution in [3.05, 3.63) is 58.7 Å². The molecule has 1 aromatic carbocycles. The number of alkyl halides is 2. The number of carbonyl (C=O) groups is 1. The second-order valence-corrected chi connectivity index (χ2v) is 10.8. The van der Waals surface area contributed by atoms with E-state index >= 15 is 0 Å². The number of carbonyl (C=O) groups excluding carboxylic acids is 1. The van der Waals surface area contributed by atoms with E-state index in [-0.39, 0.29) is 6.42 Å². The molecule has 37 heavy (non-hydrogen) atoms. The zero-order chi connectivity index (χ0) is 26.8. The molecule has 3 aromatic rings. The Bertz CT molecular complexity index is 1140. The predicted molar refractivity (Wildman–Crippen MR) is 147 cm³/mol. The standard InChI is InChI=1S/C17H26F2N2S.C9H9N3O.C2H4/c18-16(19)6-7-17-20-14-12-21(11-9-15(14)22-17)10-8-13-4-2-1-3-5-13;1-12-5-7-6(9(10)13)3-2-4-8(7)11-12;1-2/h13,16H,1-12H2;2-5H,1H3,(H2,10,13);1-2H2. The normalized spacial score (nSPS) is 16.0. The zero-order valence-corrected chi connectivity index (χ0v) is 22.6. The van der Waals surface area contributed by atoms with E-state index in [0.29, 0.717) is 12.0 Å². The molecule has 2 aliphatic rings. The van der Waals surface area contributed by atoms with E-state index in [1.54, 1.807) is 34.3 Å². The van der Waals surface area contributed by atoms with Crippen LogP contribution in [0.1, 0.15) is 70.9 Å². The van der Waals surface area contributed by atoms with Crippen LogP contribution < -0.4 is 5.73 Å². The van der Waals surface area contributed by atoms with Crippen molar-refractivity contribution in [2.75, 3.05) is 13.1 Å². The number of aromatic nitrogens is 3. The highest BCUT2D eigenvalue weighted by molar-refractivity contribution is 7.11. The molecule has 0 radical (unpaired) electrons. The summed E-state index contributed by atoms with van der Waals surface area (Å²) < 4.78 is 26.3. The average molecular weight is 532 g/mol. The number of thiazole rings is 1. The molecular weight excluding hydrogens is 492 g/mol. The van der Waals surface area contributed by atoms with Crippen molar-refractivity contribution in [2.45, 2.75) is 70.8 Å². The zero-order valence-electron chi connectivity index (χ0n) is 21.8. The van der Waals surface area contributed by atoms with Gasteiger partial charge in [-0.1, -0.05) is 38.2 Å². The minimum absolute atomic E-state index is 0.0578. The Morgan fingerprint density at radius 2 is 2.00 bits per heavy atom. The molecule has 5 rings (SSSR count). The molecule has 1 aliphatic heterocycles. The first kappa shape index (κ1) is 28.9. The monoisotopic (exact) mass is 531 g/mol. The number of primary amides is 1. The number of hydrogen-bond acceptors (Lipinski definition) is 5. The van der Waals surface area contributed by atoms with Gasteiger partial charge in [0.2, 0.25) is 12.3 Å². The fourth-order valence-corrected chi connectivity index (χ4v) is 6.14. The maximum atomic E-state index is 12.3. The number of nitrogens with two attached hydrogens (primary N) is 1. The number of rotatable bonds is 7. The van der Waals surface area contributed by atoms with Crippen LogP contribution in [-0.4, -0.2) is 45.1 Å². The summed E-state index contributed by atoms with van der Waals surface area (Å²) in [7, 11) is 1.81.